The first-order chi connectivity index (χ1) is 8.65. The molecule has 1 N–H and O–H groups in total. The summed E-state index contributed by atoms with van der Waals surface area (Å²) < 4.78 is 3.47. The Morgan fingerprint density at radius 3 is 2.94 bits per heavy atom. The van der Waals surface area contributed by atoms with Crippen LogP contribution in [-0.2, 0) is 18.9 Å². The van der Waals surface area contributed by atoms with Crippen LogP contribution < -0.4 is 5.32 Å². The summed E-state index contributed by atoms with van der Waals surface area (Å²) in [6.45, 7) is 0. The van der Waals surface area contributed by atoms with Crippen molar-refractivity contribution < 1.29 is 4.79 Å². The summed E-state index contributed by atoms with van der Waals surface area (Å²) in [4.78, 5) is 11.7. The highest BCUT2D eigenvalue weighted by atomic mass is 32.2. The van der Waals surface area contributed by atoms with Crippen LogP contribution in [0.15, 0.2) is 18.6 Å². The van der Waals surface area contributed by atoms with Gasteiger partial charge in [0.25, 0.3) is 0 Å². The zero-order chi connectivity index (χ0) is 12.7. The molecule has 0 spiro atoms. The van der Waals surface area contributed by atoms with Crippen LogP contribution in [0.5, 0.6) is 0 Å². The lowest BCUT2D eigenvalue weighted by Crippen LogP contribution is -2.15. The number of rotatable bonds is 1. The van der Waals surface area contributed by atoms with Crippen molar-refractivity contribution in [2.75, 3.05) is 11.1 Å². The number of aromatic nitrogens is 4. The van der Waals surface area contributed by atoms with E-state index in [1.165, 1.54) is 0 Å². The second kappa shape index (κ2) is 4.16. The first kappa shape index (κ1) is 11.3. The minimum atomic E-state index is 0.0104. The monoisotopic (exact) mass is 263 g/mol. The number of carbonyl (C=O) groups excluding carboxylic acids is 1. The third-order valence-corrected chi connectivity index (χ3v) is 4.20. The number of thioether (sulfide) groups is 1. The Balaban J connectivity index is 2.08. The van der Waals surface area contributed by atoms with Crippen molar-refractivity contribution in [3.8, 4) is 0 Å². The molecule has 0 saturated carbocycles. The minimum Gasteiger partial charge on any atom is -0.310 e. The zero-order valence-electron chi connectivity index (χ0n) is 10.1. The molecule has 7 heteroatoms. The van der Waals surface area contributed by atoms with Crippen LogP contribution in [0.4, 0.5) is 5.82 Å². The van der Waals surface area contributed by atoms with E-state index in [4.69, 9.17) is 0 Å². The smallest absolute Gasteiger partial charge is 0.235 e. The van der Waals surface area contributed by atoms with Crippen molar-refractivity contribution in [2.45, 2.75) is 5.25 Å². The molecule has 0 fully saturated rings. The number of nitrogens with one attached hydrogen (secondary N) is 1. The molecule has 0 radical (unpaired) electrons. The molecule has 0 aromatic carbocycles. The van der Waals surface area contributed by atoms with Crippen LogP contribution in [0.1, 0.15) is 16.4 Å². The molecule has 3 heterocycles. The predicted octanol–water partition coefficient (Wildman–Crippen LogP) is 0.928. The molecule has 1 aliphatic heterocycles. The summed E-state index contributed by atoms with van der Waals surface area (Å²) in [7, 11) is 3.72. The molecule has 0 unspecified atom stereocenters. The van der Waals surface area contributed by atoms with Crippen molar-refractivity contribution in [3.63, 3.8) is 0 Å². The van der Waals surface area contributed by atoms with Gasteiger partial charge >= 0.3 is 0 Å². The summed E-state index contributed by atoms with van der Waals surface area (Å²) >= 11 is 1.60. The number of nitrogens with zero attached hydrogens (tertiary/aromatic N) is 4. The van der Waals surface area contributed by atoms with Gasteiger partial charge in [0.2, 0.25) is 5.91 Å². The van der Waals surface area contributed by atoms with Crippen LogP contribution in [0.2, 0.25) is 0 Å². The number of amides is 1. The van der Waals surface area contributed by atoms with E-state index in [1.54, 1.807) is 21.1 Å². The fourth-order valence-electron chi connectivity index (χ4n) is 2.07. The predicted molar refractivity (Wildman–Crippen MR) is 69.3 cm³/mol. The largest absolute Gasteiger partial charge is 0.310 e. The molecule has 2 aromatic heterocycles. The number of hydrogen-bond acceptors (Lipinski definition) is 4. The number of aryl methyl sites for hydroxylation is 2. The number of carbonyl (C=O) groups is 1. The Bertz CT molecular complexity index is 602. The van der Waals surface area contributed by atoms with E-state index in [2.05, 4.69) is 15.5 Å². The molecule has 1 amide bonds. The van der Waals surface area contributed by atoms with E-state index < -0.39 is 0 Å². The van der Waals surface area contributed by atoms with Gasteiger partial charge in [0.05, 0.1) is 23.4 Å². The first-order valence-electron chi connectivity index (χ1n) is 5.57. The second-order valence-corrected chi connectivity index (χ2v) is 5.35. The van der Waals surface area contributed by atoms with Crippen LogP contribution in [0.25, 0.3) is 0 Å². The van der Waals surface area contributed by atoms with Crippen molar-refractivity contribution in [3.05, 3.63) is 29.7 Å². The SMILES string of the molecule is Cn1cc([C@@H]2SCC(=O)Nc3c2cnn3C)cn1. The summed E-state index contributed by atoms with van der Waals surface area (Å²) in [5, 5.41) is 11.4. The Morgan fingerprint density at radius 1 is 1.39 bits per heavy atom. The molecular weight excluding hydrogens is 250 g/mol. The lowest BCUT2D eigenvalue weighted by atomic mass is 10.1. The van der Waals surface area contributed by atoms with E-state index in [0.29, 0.717) is 5.75 Å². The van der Waals surface area contributed by atoms with Gasteiger partial charge in [-0.1, -0.05) is 0 Å². The van der Waals surface area contributed by atoms with Crippen LogP contribution in [0, 0.1) is 0 Å². The fourth-order valence-corrected chi connectivity index (χ4v) is 3.12. The van der Waals surface area contributed by atoms with Crippen molar-refractivity contribution in [1.82, 2.24) is 19.6 Å². The Labute approximate surface area is 108 Å². The summed E-state index contributed by atoms with van der Waals surface area (Å²) in [6.07, 6.45) is 5.63. The average Bonchev–Trinajstić information content (AvgIpc) is 2.85. The lowest BCUT2D eigenvalue weighted by Gasteiger charge is -2.10. The maximum Gasteiger partial charge on any atom is 0.235 e. The maximum absolute atomic E-state index is 11.7. The van der Waals surface area contributed by atoms with Gasteiger partial charge in [-0.3, -0.25) is 14.2 Å². The molecule has 1 atom stereocenters. The first-order valence-corrected chi connectivity index (χ1v) is 6.62. The molecule has 18 heavy (non-hydrogen) atoms. The lowest BCUT2D eigenvalue weighted by molar-refractivity contribution is -0.113. The Morgan fingerprint density at radius 2 is 2.22 bits per heavy atom. The average molecular weight is 263 g/mol. The Hall–Kier alpha value is -1.76. The quantitative estimate of drug-likeness (QED) is 0.831. The maximum atomic E-state index is 11.7. The van der Waals surface area contributed by atoms with E-state index >= 15 is 0 Å². The van der Waals surface area contributed by atoms with E-state index in [1.807, 2.05) is 32.7 Å². The van der Waals surface area contributed by atoms with Crippen molar-refractivity contribution in [2.24, 2.45) is 14.1 Å². The van der Waals surface area contributed by atoms with Gasteiger partial charge in [-0.05, 0) is 0 Å². The molecular formula is C11H13N5OS. The number of fused-ring (bicyclic) bond motifs is 1. The van der Waals surface area contributed by atoms with Crippen LogP contribution in [0.3, 0.4) is 0 Å². The molecule has 0 aliphatic carbocycles. The molecule has 0 bridgehead atoms. The number of hydrogen-bond donors (Lipinski definition) is 1. The van der Waals surface area contributed by atoms with Crippen molar-refractivity contribution >= 4 is 23.5 Å². The Kier molecular flexibility index (Phi) is 2.62. The summed E-state index contributed by atoms with van der Waals surface area (Å²) in [5.74, 6) is 1.23. The third-order valence-electron chi connectivity index (χ3n) is 2.92. The third kappa shape index (κ3) is 1.80. The van der Waals surface area contributed by atoms with Gasteiger partial charge in [-0.2, -0.15) is 10.2 Å². The summed E-state index contributed by atoms with van der Waals surface area (Å²) in [6, 6.07) is 0. The van der Waals surface area contributed by atoms with Gasteiger partial charge in [0.15, 0.2) is 0 Å². The summed E-state index contributed by atoms with van der Waals surface area (Å²) in [5.41, 5.74) is 2.12. The van der Waals surface area contributed by atoms with E-state index in [9.17, 15) is 4.79 Å². The topological polar surface area (TPSA) is 64.7 Å². The van der Waals surface area contributed by atoms with Gasteiger partial charge in [0.1, 0.15) is 5.82 Å². The van der Waals surface area contributed by atoms with Gasteiger partial charge in [-0.25, -0.2) is 0 Å². The molecule has 6 nitrogen and oxygen atoms in total. The highest BCUT2D eigenvalue weighted by molar-refractivity contribution is 8.00. The van der Waals surface area contributed by atoms with E-state index in [-0.39, 0.29) is 11.2 Å². The molecule has 94 valence electrons. The normalized spacial score (nSPS) is 19.2. The molecule has 0 saturated heterocycles. The van der Waals surface area contributed by atoms with Gasteiger partial charge < -0.3 is 5.32 Å². The fraction of sp³-hybridized carbons (Fsp3) is 0.364. The van der Waals surface area contributed by atoms with Gasteiger partial charge in [0, 0.05) is 31.4 Å². The van der Waals surface area contributed by atoms with E-state index in [0.717, 1.165) is 16.9 Å². The van der Waals surface area contributed by atoms with Gasteiger partial charge in [-0.15, -0.1) is 11.8 Å². The highest BCUT2D eigenvalue weighted by Crippen LogP contribution is 2.40. The second-order valence-electron chi connectivity index (χ2n) is 4.26. The molecule has 1 aliphatic rings. The molecule has 3 rings (SSSR count). The zero-order valence-corrected chi connectivity index (χ0v) is 10.9. The van der Waals surface area contributed by atoms with Crippen LogP contribution >= 0.6 is 11.8 Å². The molecule has 2 aromatic rings. The number of anilines is 1. The highest BCUT2D eigenvalue weighted by Gasteiger charge is 2.27. The van der Waals surface area contributed by atoms with Crippen LogP contribution in [-0.4, -0.2) is 31.2 Å². The minimum absolute atomic E-state index is 0.0104. The standard InChI is InChI=1S/C11H13N5OS/c1-15-5-7(3-12-15)10-8-4-13-16(2)11(8)14-9(17)6-18-10/h3-5,10H,6H2,1-2H3,(H,14,17)/t10-/m0/s1. The van der Waals surface area contributed by atoms with Crippen molar-refractivity contribution in [1.29, 1.82) is 0 Å².